The highest BCUT2D eigenvalue weighted by atomic mass is 16.5. The van der Waals surface area contributed by atoms with Crippen LogP contribution in [0.1, 0.15) is 42.4 Å². The van der Waals surface area contributed by atoms with E-state index in [-0.39, 0.29) is 12.6 Å². The molecule has 4 amide bonds. The number of nitrogens with zero attached hydrogens (tertiary/aromatic N) is 3. The highest BCUT2D eigenvalue weighted by molar-refractivity contribution is 6.09. The second-order valence-electron chi connectivity index (χ2n) is 7.67. The summed E-state index contributed by atoms with van der Waals surface area (Å²) in [6.45, 7) is 6.91. The molecule has 0 spiro atoms. The van der Waals surface area contributed by atoms with Crippen molar-refractivity contribution in [1.29, 1.82) is 0 Å². The zero-order valence-corrected chi connectivity index (χ0v) is 18.1. The Hall–Kier alpha value is -3.36. The van der Waals surface area contributed by atoms with Gasteiger partial charge in [-0.05, 0) is 45.4 Å². The molecule has 0 radical (unpaired) electrons. The third kappa shape index (κ3) is 3.62. The van der Waals surface area contributed by atoms with Gasteiger partial charge in [0.2, 0.25) is 5.91 Å². The highest BCUT2D eigenvalue weighted by Gasteiger charge is 2.49. The summed E-state index contributed by atoms with van der Waals surface area (Å²) in [6.07, 6.45) is 0. The van der Waals surface area contributed by atoms with E-state index >= 15 is 0 Å². The minimum absolute atomic E-state index is 0.306. The van der Waals surface area contributed by atoms with Gasteiger partial charge in [-0.3, -0.25) is 19.2 Å². The third-order valence-electron chi connectivity index (χ3n) is 5.62. The molecule has 30 heavy (non-hydrogen) atoms. The topological polar surface area (TPSA) is 106 Å². The molecule has 160 valence electrons. The van der Waals surface area contributed by atoms with Gasteiger partial charge in [0.1, 0.15) is 17.8 Å². The molecule has 2 aromatic rings. The summed E-state index contributed by atoms with van der Waals surface area (Å²) < 4.78 is 6.89. The molecule has 0 aliphatic carbocycles. The monoisotopic (exact) mass is 413 g/mol. The van der Waals surface area contributed by atoms with Crippen molar-refractivity contribution in [3.63, 3.8) is 0 Å². The molecule has 3 rings (SSSR count). The molecule has 2 heterocycles. The van der Waals surface area contributed by atoms with Crippen molar-refractivity contribution >= 4 is 17.8 Å². The average Bonchev–Trinajstić information content (AvgIpc) is 3.08. The van der Waals surface area contributed by atoms with Crippen molar-refractivity contribution in [1.82, 2.24) is 25.3 Å². The standard InChI is InChI=1S/C21H27N5O4/c1-12(18-13(2)24-25(5)14(18)3)22-17(27)11-26-19(28)21(4,23-20(26)29)15-7-9-16(30-6)10-8-15/h7-10,12H,11H2,1-6H3,(H,22,27)(H,23,29). The van der Waals surface area contributed by atoms with E-state index in [9.17, 15) is 14.4 Å². The molecule has 9 heteroatoms. The van der Waals surface area contributed by atoms with Crippen LogP contribution in [-0.4, -0.2) is 46.2 Å². The van der Waals surface area contributed by atoms with Crippen molar-refractivity contribution in [3.05, 3.63) is 46.8 Å². The van der Waals surface area contributed by atoms with Crippen LogP contribution in [0.4, 0.5) is 4.79 Å². The van der Waals surface area contributed by atoms with E-state index in [2.05, 4.69) is 15.7 Å². The number of hydrogen-bond acceptors (Lipinski definition) is 5. The molecular weight excluding hydrogens is 386 g/mol. The normalized spacial score (nSPS) is 19.6. The molecule has 2 N–H and O–H groups in total. The molecule has 1 aromatic carbocycles. The van der Waals surface area contributed by atoms with E-state index in [4.69, 9.17) is 4.74 Å². The number of aryl methyl sites for hydroxylation is 2. The fourth-order valence-electron chi connectivity index (χ4n) is 3.88. The molecule has 1 fully saturated rings. The SMILES string of the molecule is COc1ccc(C2(C)NC(=O)N(CC(=O)NC(C)c3c(C)nn(C)c3C)C2=O)cc1. The maximum absolute atomic E-state index is 13.0. The first kappa shape index (κ1) is 21.4. The molecule has 2 atom stereocenters. The Kier molecular flexibility index (Phi) is 5.56. The fourth-order valence-corrected chi connectivity index (χ4v) is 3.88. The number of benzene rings is 1. The molecular formula is C21H27N5O4. The van der Waals surface area contributed by atoms with Crippen LogP contribution in [0.5, 0.6) is 5.75 Å². The Balaban J connectivity index is 1.72. The second kappa shape index (κ2) is 7.81. The van der Waals surface area contributed by atoms with Crippen LogP contribution < -0.4 is 15.4 Å². The van der Waals surface area contributed by atoms with Gasteiger partial charge in [0.15, 0.2) is 0 Å². The highest BCUT2D eigenvalue weighted by Crippen LogP contribution is 2.30. The van der Waals surface area contributed by atoms with Crippen molar-refractivity contribution < 1.29 is 19.1 Å². The fraction of sp³-hybridized carbons (Fsp3) is 0.429. The lowest BCUT2D eigenvalue weighted by molar-refractivity contribution is -0.135. The number of urea groups is 1. The predicted octanol–water partition coefficient (Wildman–Crippen LogP) is 1.69. The second-order valence-corrected chi connectivity index (χ2v) is 7.67. The first-order chi connectivity index (χ1) is 14.1. The number of hydrogen-bond donors (Lipinski definition) is 2. The van der Waals surface area contributed by atoms with Crippen LogP contribution >= 0.6 is 0 Å². The Labute approximate surface area is 175 Å². The van der Waals surface area contributed by atoms with Crippen molar-refractivity contribution in [3.8, 4) is 5.75 Å². The van der Waals surface area contributed by atoms with Gasteiger partial charge in [-0.2, -0.15) is 5.10 Å². The van der Waals surface area contributed by atoms with Crippen molar-refractivity contribution in [2.75, 3.05) is 13.7 Å². The number of imide groups is 1. The minimum atomic E-state index is -1.24. The van der Waals surface area contributed by atoms with E-state index < -0.39 is 23.4 Å². The van der Waals surface area contributed by atoms with Crippen LogP contribution in [0.15, 0.2) is 24.3 Å². The number of aromatic nitrogens is 2. The Morgan fingerprint density at radius 2 is 1.90 bits per heavy atom. The van der Waals surface area contributed by atoms with Crippen LogP contribution in [0.3, 0.4) is 0 Å². The maximum Gasteiger partial charge on any atom is 0.325 e. The number of methoxy groups -OCH3 is 1. The van der Waals surface area contributed by atoms with Crippen LogP contribution in [0, 0.1) is 13.8 Å². The van der Waals surface area contributed by atoms with Gasteiger partial charge in [-0.15, -0.1) is 0 Å². The number of amides is 4. The lowest BCUT2D eigenvalue weighted by Crippen LogP contribution is -2.43. The number of carbonyl (C=O) groups excluding carboxylic acids is 3. The summed E-state index contributed by atoms with van der Waals surface area (Å²) >= 11 is 0. The summed E-state index contributed by atoms with van der Waals surface area (Å²) in [5.74, 6) is -0.257. The van der Waals surface area contributed by atoms with Crippen molar-refractivity contribution in [2.24, 2.45) is 7.05 Å². The summed E-state index contributed by atoms with van der Waals surface area (Å²) in [7, 11) is 3.39. The Morgan fingerprint density at radius 3 is 2.43 bits per heavy atom. The van der Waals surface area contributed by atoms with Gasteiger partial charge in [0.25, 0.3) is 5.91 Å². The molecule has 0 saturated carbocycles. The minimum Gasteiger partial charge on any atom is -0.497 e. The molecule has 1 aromatic heterocycles. The largest absolute Gasteiger partial charge is 0.497 e. The number of nitrogens with one attached hydrogen (secondary N) is 2. The molecule has 1 aliphatic rings. The molecule has 2 unspecified atom stereocenters. The van der Waals surface area contributed by atoms with E-state index in [0.29, 0.717) is 11.3 Å². The summed E-state index contributed by atoms with van der Waals surface area (Å²) in [4.78, 5) is 39.0. The lowest BCUT2D eigenvalue weighted by atomic mass is 9.92. The van der Waals surface area contributed by atoms with Crippen molar-refractivity contribution in [2.45, 2.75) is 39.3 Å². The molecule has 9 nitrogen and oxygen atoms in total. The van der Waals surface area contributed by atoms with Crippen LogP contribution in [-0.2, 0) is 22.2 Å². The summed E-state index contributed by atoms with van der Waals surface area (Å²) in [5, 5.41) is 9.92. The van der Waals surface area contributed by atoms with Crippen LogP contribution in [0.25, 0.3) is 0 Å². The Morgan fingerprint density at radius 1 is 1.27 bits per heavy atom. The third-order valence-corrected chi connectivity index (χ3v) is 5.62. The zero-order valence-electron chi connectivity index (χ0n) is 18.1. The molecule has 0 bridgehead atoms. The summed E-state index contributed by atoms with van der Waals surface area (Å²) in [5.41, 5.74) is 2.06. The first-order valence-electron chi connectivity index (χ1n) is 9.66. The quantitative estimate of drug-likeness (QED) is 0.701. The summed E-state index contributed by atoms with van der Waals surface area (Å²) in [6, 6.07) is 5.97. The molecule has 1 aliphatic heterocycles. The lowest BCUT2D eigenvalue weighted by Gasteiger charge is -2.22. The van der Waals surface area contributed by atoms with E-state index in [1.165, 1.54) is 0 Å². The van der Waals surface area contributed by atoms with Gasteiger partial charge < -0.3 is 15.4 Å². The average molecular weight is 413 g/mol. The number of ether oxygens (including phenoxy) is 1. The van der Waals surface area contributed by atoms with Gasteiger partial charge in [0, 0.05) is 18.3 Å². The Bertz CT molecular complexity index is 998. The zero-order chi connectivity index (χ0) is 22.2. The van der Waals surface area contributed by atoms with E-state index in [1.807, 2.05) is 27.8 Å². The predicted molar refractivity (Wildman–Crippen MR) is 110 cm³/mol. The maximum atomic E-state index is 13.0. The van der Waals surface area contributed by atoms with Gasteiger partial charge >= 0.3 is 6.03 Å². The molecule has 1 saturated heterocycles. The number of rotatable bonds is 6. The van der Waals surface area contributed by atoms with Gasteiger partial charge in [0.05, 0.1) is 18.8 Å². The van der Waals surface area contributed by atoms with Gasteiger partial charge in [-0.25, -0.2) is 4.79 Å². The first-order valence-corrected chi connectivity index (χ1v) is 9.66. The van der Waals surface area contributed by atoms with Crippen LogP contribution in [0.2, 0.25) is 0 Å². The number of carbonyl (C=O) groups is 3. The smallest absolute Gasteiger partial charge is 0.325 e. The van der Waals surface area contributed by atoms with Gasteiger partial charge in [-0.1, -0.05) is 12.1 Å². The van der Waals surface area contributed by atoms with E-state index in [0.717, 1.165) is 21.9 Å². The van der Waals surface area contributed by atoms with E-state index in [1.54, 1.807) is 43.0 Å².